The Bertz CT molecular complexity index is 403. The lowest BCUT2D eigenvalue weighted by atomic mass is 10.3. The van der Waals surface area contributed by atoms with Crippen LogP contribution in [0.4, 0.5) is 5.82 Å². The molecule has 0 spiro atoms. The largest absolute Gasteiger partial charge is 0.404 e. The third-order valence-corrected chi connectivity index (χ3v) is 2.32. The zero-order valence-electron chi connectivity index (χ0n) is 7.68. The van der Waals surface area contributed by atoms with E-state index in [-0.39, 0.29) is 10.3 Å². The number of nitrogens with two attached hydrogens (primary N) is 1. The predicted octanol–water partition coefficient (Wildman–Crippen LogP) is 0.105. The lowest BCUT2D eigenvalue weighted by Gasteiger charge is -2.05. The predicted molar refractivity (Wildman–Crippen MR) is 53.6 cm³/mol. The van der Waals surface area contributed by atoms with E-state index in [2.05, 4.69) is 21.0 Å². The Kier molecular flexibility index (Phi) is 3.37. The van der Waals surface area contributed by atoms with E-state index in [1.165, 1.54) is 13.1 Å². The van der Waals surface area contributed by atoms with Crippen LogP contribution < -0.4 is 11.3 Å². The molecule has 0 aliphatic carbocycles. The standard InChI is InChI=1S/C6H8BrN5O3/c1-3(6(13)9-8)11-2-4(7)5(10-11)12(14)15/h2-3H,8H2,1H3,(H,9,13). The average molecular weight is 278 g/mol. The van der Waals surface area contributed by atoms with E-state index in [1.54, 1.807) is 0 Å². The summed E-state index contributed by atoms with van der Waals surface area (Å²) in [5.74, 6) is 4.10. The summed E-state index contributed by atoms with van der Waals surface area (Å²) in [6.45, 7) is 1.52. The van der Waals surface area contributed by atoms with Crippen molar-refractivity contribution in [1.82, 2.24) is 15.2 Å². The molecule has 15 heavy (non-hydrogen) atoms. The van der Waals surface area contributed by atoms with Crippen LogP contribution in [0, 0.1) is 10.1 Å². The number of carbonyl (C=O) groups is 1. The zero-order chi connectivity index (χ0) is 11.6. The first-order valence-electron chi connectivity index (χ1n) is 3.87. The van der Waals surface area contributed by atoms with Crippen LogP contribution in [0.25, 0.3) is 0 Å². The number of carbonyl (C=O) groups excluding carboxylic acids is 1. The highest BCUT2D eigenvalue weighted by atomic mass is 79.9. The Labute approximate surface area is 92.7 Å². The molecule has 1 aromatic heterocycles. The van der Waals surface area contributed by atoms with Crippen LogP contribution in [0.1, 0.15) is 13.0 Å². The molecule has 1 aromatic rings. The van der Waals surface area contributed by atoms with Crippen molar-refractivity contribution in [1.29, 1.82) is 0 Å². The van der Waals surface area contributed by atoms with E-state index in [0.717, 1.165) is 4.68 Å². The van der Waals surface area contributed by atoms with Gasteiger partial charge in [0.2, 0.25) is 0 Å². The highest BCUT2D eigenvalue weighted by Gasteiger charge is 2.24. The fraction of sp³-hybridized carbons (Fsp3) is 0.333. The van der Waals surface area contributed by atoms with Gasteiger partial charge in [0.25, 0.3) is 5.91 Å². The van der Waals surface area contributed by atoms with Crippen LogP contribution in [0.2, 0.25) is 0 Å². The first-order valence-corrected chi connectivity index (χ1v) is 4.66. The van der Waals surface area contributed by atoms with Gasteiger partial charge in [0.05, 0.1) is 11.3 Å². The lowest BCUT2D eigenvalue weighted by molar-refractivity contribution is -0.390. The Morgan fingerprint density at radius 3 is 2.87 bits per heavy atom. The van der Waals surface area contributed by atoms with Crippen molar-refractivity contribution >= 4 is 27.7 Å². The summed E-state index contributed by atoms with van der Waals surface area (Å²) in [5, 5.41) is 14.1. The van der Waals surface area contributed by atoms with Gasteiger partial charge in [-0.05, 0) is 27.8 Å². The second-order valence-electron chi connectivity index (χ2n) is 2.72. The Morgan fingerprint density at radius 1 is 1.87 bits per heavy atom. The van der Waals surface area contributed by atoms with Crippen molar-refractivity contribution in [3.05, 3.63) is 20.8 Å². The quantitative estimate of drug-likeness (QED) is 0.352. The number of nitrogens with zero attached hydrogens (tertiary/aromatic N) is 3. The summed E-state index contributed by atoms with van der Waals surface area (Å²) >= 11 is 2.97. The molecule has 0 aliphatic rings. The highest BCUT2D eigenvalue weighted by Crippen LogP contribution is 2.23. The number of hydrogen-bond donors (Lipinski definition) is 2. The van der Waals surface area contributed by atoms with Gasteiger partial charge in [-0.25, -0.2) is 5.84 Å². The Balaban J connectivity index is 3.02. The minimum atomic E-state index is -0.708. The van der Waals surface area contributed by atoms with Crippen LogP contribution in [-0.2, 0) is 4.79 Å². The van der Waals surface area contributed by atoms with E-state index < -0.39 is 16.9 Å². The van der Waals surface area contributed by atoms with Crippen LogP contribution in [0.3, 0.4) is 0 Å². The minimum Gasteiger partial charge on any atom is -0.358 e. The monoisotopic (exact) mass is 277 g/mol. The number of aromatic nitrogens is 2. The Morgan fingerprint density at radius 2 is 2.47 bits per heavy atom. The van der Waals surface area contributed by atoms with Crippen molar-refractivity contribution in [3.63, 3.8) is 0 Å². The maximum absolute atomic E-state index is 11.1. The summed E-state index contributed by atoms with van der Waals surface area (Å²) < 4.78 is 1.37. The molecular weight excluding hydrogens is 270 g/mol. The summed E-state index contributed by atoms with van der Waals surface area (Å²) in [4.78, 5) is 20.9. The molecule has 0 aromatic carbocycles. The highest BCUT2D eigenvalue weighted by molar-refractivity contribution is 9.10. The molecule has 3 N–H and O–H groups in total. The number of nitro groups is 1. The number of amides is 1. The third kappa shape index (κ3) is 2.30. The molecule has 1 rings (SSSR count). The maximum Gasteiger partial charge on any atom is 0.404 e. The fourth-order valence-electron chi connectivity index (χ4n) is 0.923. The van der Waals surface area contributed by atoms with Crippen molar-refractivity contribution < 1.29 is 9.72 Å². The van der Waals surface area contributed by atoms with Crippen LogP contribution in [0.5, 0.6) is 0 Å². The SMILES string of the molecule is CC(C(=O)NN)n1cc(Br)c([N+](=O)[O-])n1. The second kappa shape index (κ2) is 4.36. The topological polar surface area (TPSA) is 116 Å². The molecule has 1 atom stereocenters. The summed E-state index contributed by atoms with van der Waals surface area (Å²) in [5.41, 5.74) is 1.94. The summed E-state index contributed by atoms with van der Waals surface area (Å²) in [6.07, 6.45) is 1.35. The molecule has 0 saturated carbocycles. The molecule has 0 fully saturated rings. The molecule has 0 bridgehead atoms. The van der Waals surface area contributed by atoms with Crippen LogP contribution in [0.15, 0.2) is 10.7 Å². The molecule has 8 nitrogen and oxygen atoms in total. The van der Waals surface area contributed by atoms with Crippen molar-refractivity contribution in [2.75, 3.05) is 0 Å². The van der Waals surface area contributed by atoms with Gasteiger partial charge >= 0.3 is 5.82 Å². The van der Waals surface area contributed by atoms with Gasteiger partial charge in [0.15, 0.2) is 0 Å². The molecule has 0 radical (unpaired) electrons. The number of halogens is 1. The number of nitrogens with one attached hydrogen (secondary N) is 1. The second-order valence-corrected chi connectivity index (χ2v) is 3.58. The molecule has 9 heteroatoms. The average Bonchev–Trinajstić information content (AvgIpc) is 2.58. The van der Waals surface area contributed by atoms with Gasteiger partial charge in [-0.3, -0.25) is 10.2 Å². The maximum atomic E-state index is 11.1. The fourth-order valence-corrected chi connectivity index (χ4v) is 1.36. The normalized spacial score (nSPS) is 12.2. The smallest absolute Gasteiger partial charge is 0.358 e. The minimum absolute atomic E-state index is 0.212. The summed E-state index contributed by atoms with van der Waals surface area (Å²) in [7, 11) is 0. The van der Waals surface area contributed by atoms with Gasteiger partial charge in [0, 0.05) is 0 Å². The molecule has 1 amide bonds. The van der Waals surface area contributed by atoms with Gasteiger partial charge in [-0.1, -0.05) is 0 Å². The Hall–Kier alpha value is -1.48. The number of hydrazine groups is 1. The molecular formula is C6H8BrN5O3. The number of hydrogen-bond acceptors (Lipinski definition) is 5. The van der Waals surface area contributed by atoms with Gasteiger partial charge in [-0.2, -0.15) is 4.68 Å². The van der Waals surface area contributed by atoms with E-state index in [4.69, 9.17) is 5.84 Å². The van der Waals surface area contributed by atoms with Crippen LogP contribution in [-0.4, -0.2) is 20.6 Å². The van der Waals surface area contributed by atoms with E-state index in [9.17, 15) is 14.9 Å². The first kappa shape index (κ1) is 11.6. The van der Waals surface area contributed by atoms with Crippen molar-refractivity contribution in [2.45, 2.75) is 13.0 Å². The summed E-state index contributed by atoms with van der Waals surface area (Å²) in [6, 6.07) is -0.708. The third-order valence-electron chi connectivity index (χ3n) is 1.76. The molecule has 0 aliphatic heterocycles. The zero-order valence-corrected chi connectivity index (χ0v) is 9.26. The molecule has 1 unspecified atom stereocenters. The van der Waals surface area contributed by atoms with Crippen LogP contribution >= 0.6 is 15.9 Å². The van der Waals surface area contributed by atoms with Gasteiger partial charge in [0.1, 0.15) is 10.5 Å². The van der Waals surface area contributed by atoms with Gasteiger partial charge < -0.3 is 10.1 Å². The first-order chi connectivity index (χ1) is 6.97. The van der Waals surface area contributed by atoms with Crippen molar-refractivity contribution in [2.24, 2.45) is 5.84 Å². The number of rotatable bonds is 3. The molecule has 82 valence electrons. The lowest BCUT2D eigenvalue weighted by Crippen LogP contribution is -2.36. The van der Waals surface area contributed by atoms with E-state index in [0.29, 0.717) is 0 Å². The van der Waals surface area contributed by atoms with Crippen molar-refractivity contribution in [3.8, 4) is 0 Å². The van der Waals surface area contributed by atoms with Gasteiger partial charge in [-0.15, -0.1) is 0 Å². The molecule has 1 heterocycles. The van der Waals surface area contributed by atoms with E-state index >= 15 is 0 Å². The van der Waals surface area contributed by atoms with E-state index in [1.807, 2.05) is 5.43 Å². The molecule has 0 saturated heterocycles.